The minimum Gasteiger partial charge on any atom is -0.462 e. The maximum atomic E-state index is 12.9. The normalized spacial score (nSPS) is 21.3. The van der Waals surface area contributed by atoms with Gasteiger partial charge in [0, 0.05) is 25.9 Å². The number of hydrogen-bond acceptors (Lipinski definition) is 18. The summed E-state index contributed by atoms with van der Waals surface area (Å²) in [7, 11) is -4.76. The smallest absolute Gasteiger partial charge is 0.462 e. The molecule has 430 valence electrons. The minimum atomic E-state index is -4.76. The summed E-state index contributed by atoms with van der Waals surface area (Å²) in [5, 5.41) is 83.8. The van der Waals surface area contributed by atoms with Gasteiger partial charge in [0.05, 0.1) is 32.5 Å². The van der Waals surface area contributed by atoms with E-state index in [4.69, 9.17) is 28.0 Å². The van der Waals surface area contributed by atoms with Crippen molar-refractivity contribution in [2.45, 2.75) is 255 Å². The first-order valence-electron chi connectivity index (χ1n) is 27.8. The molecule has 1 saturated heterocycles. The number of aliphatic hydroxyl groups is 8. The molecular weight excluding hydrogens is 970 g/mol. The van der Waals surface area contributed by atoms with Gasteiger partial charge in [-0.05, 0) is 64.2 Å². The van der Waals surface area contributed by atoms with Crippen LogP contribution in [0.3, 0.4) is 0 Å². The van der Waals surface area contributed by atoms with E-state index in [0.717, 1.165) is 77.0 Å². The van der Waals surface area contributed by atoms with Gasteiger partial charge in [-0.25, -0.2) is 4.57 Å². The van der Waals surface area contributed by atoms with Gasteiger partial charge in [0.25, 0.3) is 0 Å². The van der Waals surface area contributed by atoms with Gasteiger partial charge >= 0.3 is 19.8 Å². The van der Waals surface area contributed by atoms with Crippen LogP contribution in [0.1, 0.15) is 194 Å². The molecule has 1 rings (SSSR count). The lowest BCUT2D eigenvalue weighted by Crippen LogP contribution is -2.61. The Labute approximate surface area is 437 Å². The van der Waals surface area contributed by atoms with Crippen molar-refractivity contribution in [3.63, 3.8) is 0 Å². The molecule has 1 heterocycles. The van der Waals surface area contributed by atoms with Crippen LogP contribution in [-0.4, -0.2) is 165 Å². The summed E-state index contributed by atoms with van der Waals surface area (Å²) < 4.78 is 44.6. The van der Waals surface area contributed by atoms with Crippen LogP contribution in [0.2, 0.25) is 0 Å². The SMILES string of the molecule is CCCCCCCC/C=C\CCCCCCCC(=O)OC[C@H](COP(=O)(O)OCCNCC(O)C(O)[C@H](O[C@@H]1O[C@H](CO)C(O)C(O)C1O)[C@H](O)CO)OC(=O)CCCCCCC/C=C\CCCCCCCC. The molecule has 20 heteroatoms. The molecule has 0 aromatic rings. The van der Waals surface area contributed by atoms with E-state index in [1.54, 1.807) is 0 Å². The number of unbranched alkanes of at least 4 members (excludes halogenated alkanes) is 22. The molecule has 1 aliphatic heterocycles. The van der Waals surface area contributed by atoms with E-state index in [1.807, 2.05) is 0 Å². The maximum Gasteiger partial charge on any atom is 0.472 e. The second-order valence-corrected chi connectivity index (χ2v) is 20.8. The van der Waals surface area contributed by atoms with Gasteiger partial charge < -0.3 is 70.0 Å². The summed E-state index contributed by atoms with van der Waals surface area (Å²) in [6.45, 7) is 0.659. The second kappa shape index (κ2) is 45.1. The molecule has 0 aromatic carbocycles. The van der Waals surface area contributed by atoms with Crippen LogP contribution in [0.15, 0.2) is 24.3 Å². The number of hydrogen-bond donors (Lipinski definition) is 10. The zero-order chi connectivity index (χ0) is 54.0. The minimum absolute atomic E-state index is 0.108. The molecule has 10 N–H and O–H groups in total. The third-order valence-corrected chi connectivity index (χ3v) is 13.7. The maximum absolute atomic E-state index is 12.9. The molecule has 0 spiro atoms. The number of allylic oxidation sites excluding steroid dienone is 4. The Morgan fingerprint density at radius 2 is 1.10 bits per heavy atom. The lowest BCUT2D eigenvalue weighted by molar-refractivity contribution is -0.327. The molecule has 0 radical (unpaired) electrons. The largest absolute Gasteiger partial charge is 0.472 e. The molecular formula is C53H100NO18P. The molecule has 11 atom stereocenters. The highest BCUT2D eigenvalue weighted by Crippen LogP contribution is 2.43. The van der Waals surface area contributed by atoms with Crippen molar-refractivity contribution in [3.8, 4) is 0 Å². The first-order chi connectivity index (χ1) is 35.2. The van der Waals surface area contributed by atoms with Gasteiger partial charge in [-0.2, -0.15) is 0 Å². The predicted molar refractivity (Wildman–Crippen MR) is 278 cm³/mol. The van der Waals surface area contributed by atoms with Crippen LogP contribution in [0.4, 0.5) is 0 Å². The summed E-state index contributed by atoms with van der Waals surface area (Å²) in [6.07, 6.45) is 21.3. The molecule has 73 heavy (non-hydrogen) atoms. The first kappa shape index (κ1) is 69.1. The van der Waals surface area contributed by atoms with E-state index in [9.17, 15) is 59.9 Å². The van der Waals surface area contributed by atoms with Crippen LogP contribution in [-0.2, 0) is 42.1 Å². The predicted octanol–water partition coefficient (Wildman–Crippen LogP) is 6.50. The van der Waals surface area contributed by atoms with Gasteiger partial charge in [0.1, 0.15) is 49.3 Å². The fourth-order valence-corrected chi connectivity index (χ4v) is 8.93. The fourth-order valence-electron chi connectivity index (χ4n) is 8.17. The number of nitrogens with one attached hydrogen (secondary N) is 1. The highest BCUT2D eigenvalue weighted by molar-refractivity contribution is 7.47. The van der Waals surface area contributed by atoms with Gasteiger partial charge in [0.2, 0.25) is 0 Å². The van der Waals surface area contributed by atoms with Gasteiger partial charge in [-0.3, -0.25) is 18.6 Å². The van der Waals surface area contributed by atoms with Crippen LogP contribution in [0.25, 0.3) is 0 Å². The molecule has 0 bridgehead atoms. The van der Waals surface area contributed by atoms with Crippen LogP contribution < -0.4 is 5.32 Å². The summed E-state index contributed by atoms with van der Waals surface area (Å²) in [5.74, 6) is -1.05. The number of carbonyl (C=O) groups is 2. The van der Waals surface area contributed by atoms with E-state index in [-0.39, 0.29) is 19.4 Å². The third kappa shape index (κ3) is 35.2. The van der Waals surface area contributed by atoms with E-state index in [1.165, 1.54) is 77.0 Å². The number of phosphoric acid groups is 1. The molecule has 0 aromatic heterocycles. The Morgan fingerprint density at radius 1 is 0.616 bits per heavy atom. The lowest BCUT2D eigenvalue weighted by Gasteiger charge is -2.42. The second-order valence-electron chi connectivity index (χ2n) is 19.4. The average molecular weight is 1070 g/mol. The number of carbonyl (C=O) groups excluding carboxylic acids is 2. The summed E-state index contributed by atoms with van der Waals surface area (Å²) >= 11 is 0. The Morgan fingerprint density at radius 3 is 1.59 bits per heavy atom. The van der Waals surface area contributed by atoms with Crippen molar-refractivity contribution >= 4 is 19.8 Å². The van der Waals surface area contributed by atoms with Crippen molar-refractivity contribution < 1.29 is 87.9 Å². The van der Waals surface area contributed by atoms with Crippen LogP contribution in [0, 0.1) is 0 Å². The fraction of sp³-hybridized carbons (Fsp3) is 0.887. The molecule has 1 aliphatic rings. The topological polar surface area (TPSA) is 301 Å². The van der Waals surface area contributed by atoms with Crippen LogP contribution in [0.5, 0.6) is 0 Å². The molecule has 0 amide bonds. The number of phosphoric ester groups is 1. The number of esters is 2. The van der Waals surface area contributed by atoms with E-state index < -0.39 is 121 Å². The van der Waals surface area contributed by atoms with Gasteiger partial charge in [0.15, 0.2) is 12.4 Å². The van der Waals surface area contributed by atoms with Crippen molar-refractivity contribution in [1.29, 1.82) is 0 Å². The standard InChI is InChI=1S/C53H100NO18P/c1-3-5-7-9-11-13-15-17-19-21-23-25-27-29-31-33-46(59)67-40-42(70-47(60)34-32-30-28-26-24-22-20-18-16-14-12-10-8-6-4-2)41-69-73(65,66)68-36-35-54-37-43(57)48(61)52(44(58)38-55)72-53-51(64)50(63)49(62)45(39-56)71-53/h17-20,42-45,48-58,61-64H,3-16,21-41H2,1-2H3,(H,65,66)/b19-17-,20-18-/t42-,43?,44-,45-,48?,49?,50?,51?,52-,53+/m1/s1. The zero-order valence-corrected chi connectivity index (χ0v) is 45.4. The Bertz CT molecular complexity index is 1440. The van der Waals surface area contributed by atoms with E-state index >= 15 is 0 Å². The lowest BCUT2D eigenvalue weighted by atomic mass is 9.98. The zero-order valence-electron chi connectivity index (χ0n) is 44.5. The molecule has 19 nitrogen and oxygen atoms in total. The average Bonchev–Trinajstić information content (AvgIpc) is 3.37. The Hall–Kier alpha value is -1.91. The Kier molecular flexibility index (Phi) is 42.7. The van der Waals surface area contributed by atoms with Crippen LogP contribution >= 0.6 is 7.82 Å². The van der Waals surface area contributed by atoms with Crippen molar-refractivity contribution in [2.75, 3.05) is 46.1 Å². The Balaban J connectivity index is 2.59. The summed E-state index contributed by atoms with van der Waals surface area (Å²) in [6, 6.07) is 0. The molecule has 1 fully saturated rings. The van der Waals surface area contributed by atoms with Gasteiger partial charge in [-0.1, -0.05) is 141 Å². The van der Waals surface area contributed by atoms with Crippen molar-refractivity contribution in [3.05, 3.63) is 24.3 Å². The van der Waals surface area contributed by atoms with E-state index in [2.05, 4.69) is 43.5 Å². The highest BCUT2D eigenvalue weighted by Gasteiger charge is 2.47. The molecule has 0 saturated carbocycles. The quantitative estimate of drug-likeness (QED) is 0.0135. The van der Waals surface area contributed by atoms with Crippen molar-refractivity contribution in [1.82, 2.24) is 5.32 Å². The highest BCUT2D eigenvalue weighted by atomic mass is 31.2. The monoisotopic (exact) mass is 1070 g/mol. The third-order valence-electron chi connectivity index (χ3n) is 12.8. The van der Waals surface area contributed by atoms with Crippen molar-refractivity contribution in [2.24, 2.45) is 0 Å². The summed E-state index contributed by atoms with van der Waals surface area (Å²) in [4.78, 5) is 36.0. The van der Waals surface area contributed by atoms with Gasteiger partial charge in [-0.15, -0.1) is 0 Å². The number of rotatable bonds is 49. The molecule has 6 unspecified atom stereocenters. The number of aliphatic hydroxyl groups excluding tert-OH is 8. The van der Waals surface area contributed by atoms with E-state index in [0.29, 0.717) is 12.8 Å². The first-order valence-corrected chi connectivity index (χ1v) is 29.3. The summed E-state index contributed by atoms with van der Waals surface area (Å²) in [5.41, 5.74) is 0. The number of ether oxygens (including phenoxy) is 4. The molecule has 0 aliphatic carbocycles.